The second-order valence-electron chi connectivity index (χ2n) is 5.36. The topological polar surface area (TPSA) is 63.1 Å². The average molecular weight is 315 g/mol. The molecular weight excluding hydrogens is 290 g/mol. The third-order valence-electron chi connectivity index (χ3n) is 3.96. The second-order valence-corrected chi connectivity index (χ2v) is 5.36. The van der Waals surface area contributed by atoms with Gasteiger partial charge in [-0.1, -0.05) is 44.2 Å². The van der Waals surface area contributed by atoms with Crippen molar-refractivity contribution in [3.63, 3.8) is 0 Å². The number of benzene rings is 1. The molecule has 0 radical (unpaired) electrons. The highest BCUT2D eigenvalue weighted by Gasteiger charge is 2.18. The summed E-state index contributed by atoms with van der Waals surface area (Å²) in [7, 11) is 0. The smallest absolute Gasteiger partial charge is 0.221 e. The lowest BCUT2D eigenvalue weighted by Crippen LogP contribution is -2.38. The van der Waals surface area contributed by atoms with Crippen molar-refractivity contribution in [3.8, 4) is 0 Å². The normalized spacial score (nSPS) is 12.3. The van der Waals surface area contributed by atoms with Crippen molar-refractivity contribution >= 4 is 5.91 Å². The van der Waals surface area contributed by atoms with Crippen LogP contribution in [0.3, 0.4) is 0 Å². The van der Waals surface area contributed by atoms with Gasteiger partial charge in [-0.05, 0) is 18.7 Å². The molecular formula is C17H25N5O. The van der Waals surface area contributed by atoms with Crippen LogP contribution in [0.1, 0.15) is 31.9 Å². The van der Waals surface area contributed by atoms with Gasteiger partial charge in [0.2, 0.25) is 5.91 Å². The first-order valence-corrected chi connectivity index (χ1v) is 8.12. The molecule has 0 spiro atoms. The van der Waals surface area contributed by atoms with E-state index in [9.17, 15) is 4.79 Å². The van der Waals surface area contributed by atoms with E-state index in [1.54, 1.807) is 11.0 Å². The monoisotopic (exact) mass is 315 g/mol. The Morgan fingerprint density at radius 3 is 2.61 bits per heavy atom. The lowest BCUT2D eigenvalue weighted by atomic mass is 10.1. The number of nitrogens with one attached hydrogen (secondary N) is 1. The van der Waals surface area contributed by atoms with Crippen LogP contribution in [-0.4, -0.2) is 45.2 Å². The molecule has 0 aliphatic rings. The number of likely N-dealkylation sites (N-methyl/N-ethyl adjacent to an activating group) is 1. The van der Waals surface area contributed by atoms with Crippen molar-refractivity contribution in [2.75, 3.05) is 19.6 Å². The predicted octanol–water partition coefficient (Wildman–Crippen LogP) is 1.87. The molecule has 2 aromatic rings. The summed E-state index contributed by atoms with van der Waals surface area (Å²) in [4.78, 5) is 18.3. The molecule has 1 aromatic carbocycles. The van der Waals surface area contributed by atoms with E-state index in [0.717, 1.165) is 13.1 Å². The number of hydrogen-bond donors (Lipinski definition) is 1. The first-order valence-electron chi connectivity index (χ1n) is 8.12. The summed E-state index contributed by atoms with van der Waals surface area (Å²) in [5.74, 6) is 0.0357. The molecule has 6 heteroatoms. The third-order valence-corrected chi connectivity index (χ3v) is 3.96. The Balaban J connectivity index is 1.91. The number of carbonyl (C=O) groups is 1. The van der Waals surface area contributed by atoms with Crippen LogP contribution < -0.4 is 5.32 Å². The molecule has 1 amide bonds. The molecule has 6 nitrogen and oxygen atoms in total. The van der Waals surface area contributed by atoms with Crippen molar-refractivity contribution in [2.45, 2.75) is 32.9 Å². The quantitative estimate of drug-likeness (QED) is 0.767. The fourth-order valence-corrected chi connectivity index (χ4v) is 2.66. The summed E-state index contributed by atoms with van der Waals surface area (Å²) in [5, 5.41) is 7.05. The Bertz CT molecular complexity index is 566. The van der Waals surface area contributed by atoms with E-state index in [1.165, 1.54) is 11.9 Å². The Hall–Kier alpha value is -2.21. The number of aromatic nitrogens is 3. The molecule has 0 aliphatic carbocycles. The molecule has 124 valence electrons. The van der Waals surface area contributed by atoms with Crippen molar-refractivity contribution < 1.29 is 4.79 Å². The van der Waals surface area contributed by atoms with Crippen LogP contribution in [0, 0.1) is 0 Å². The van der Waals surface area contributed by atoms with Crippen LogP contribution in [0.5, 0.6) is 0 Å². The zero-order valence-electron chi connectivity index (χ0n) is 13.9. The van der Waals surface area contributed by atoms with Crippen LogP contribution in [-0.2, 0) is 11.3 Å². The van der Waals surface area contributed by atoms with Gasteiger partial charge in [0.05, 0.1) is 12.6 Å². The van der Waals surface area contributed by atoms with E-state index >= 15 is 0 Å². The fourth-order valence-electron chi connectivity index (χ4n) is 2.66. The van der Waals surface area contributed by atoms with Gasteiger partial charge in [-0.3, -0.25) is 14.4 Å². The van der Waals surface area contributed by atoms with Gasteiger partial charge in [-0.15, -0.1) is 0 Å². The van der Waals surface area contributed by atoms with Crippen molar-refractivity contribution in [3.05, 3.63) is 48.5 Å². The SMILES string of the molecule is CCN(CC)C(CNC(=O)CCn1cncn1)c1ccccc1. The molecule has 1 N–H and O–H groups in total. The zero-order valence-corrected chi connectivity index (χ0v) is 13.9. The van der Waals surface area contributed by atoms with E-state index in [2.05, 4.69) is 46.3 Å². The molecule has 1 heterocycles. The standard InChI is InChI=1S/C17H25N5O/c1-3-21(4-2)16(15-8-6-5-7-9-15)12-19-17(23)10-11-22-14-18-13-20-22/h5-9,13-14,16H,3-4,10-12H2,1-2H3,(H,19,23). The van der Waals surface area contributed by atoms with E-state index in [-0.39, 0.29) is 11.9 Å². The highest BCUT2D eigenvalue weighted by Crippen LogP contribution is 2.19. The summed E-state index contributed by atoms with van der Waals surface area (Å²) >= 11 is 0. The highest BCUT2D eigenvalue weighted by molar-refractivity contribution is 5.75. The number of hydrogen-bond acceptors (Lipinski definition) is 4. The Kier molecular flexibility index (Phi) is 6.75. The number of carbonyl (C=O) groups excluding carboxylic acids is 1. The molecule has 1 aromatic heterocycles. The molecule has 0 saturated carbocycles. The Morgan fingerprint density at radius 1 is 1.26 bits per heavy atom. The van der Waals surface area contributed by atoms with Gasteiger partial charge in [0.1, 0.15) is 12.7 Å². The fraction of sp³-hybridized carbons (Fsp3) is 0.471. The summed E-state index contributed by atoms with van der Waals surface area (Å²) in [5.41, 5.74) is 1.23. The molecule has 2 rings (SSSR count). The molecule has 0 bridgehead atoms. The van der Waals surface area contributed by atoms with E-state index < -0.39 is 0 Å². The maximum Gasteiger partial charge on any atom is 0.221 e. The second kappa shape index (κ2) is 9.05. The summed E-state index contributed by atoms with van der Waals surface area (Å²) in [6, 6.07) is 10.5. The lowest BCUT2D eigenvalue weighted by molar-refractivity contribution is -0.121. The van der Waals surface area contributed by atoms with Crippen LogP contribution in [0.4, 0.5) is 0 Å². The summed E-state index contributed by atoms with van der Waals surface area (Å²) < 4.78 is 1.67. The maximum atomic E-state index is 12.1. The molecule has 23 heavy (non-hydrogen) atoms. The first kappa shape index (κ1) is 17.1. The van der Waals surface area contributed by atoms with E-state index in [1.807, 2.05) is 18.2 Å². The minimum Gasteiger partial charge on any atom is -0.354 e. The Morgan fingerprint density at radius 2 is 2.00 bits per heavy atom. The van der Waals surface area contributed by atoms with Crippen LogP contribution in [0.2, 0.25) is 0 Å². The number of aryl methyl sites for hydroxylation is 1. The van der Waals surface area contributed by atoms with Gasteiger partial charge >= 0.3 is 0 Å². The third kappa shape index (κ3) is 5.17. The maximum absolute atomic E-state index is 12.1. The lowest BCUT2D eigenvalue weighted by Gasteiger charge is -2.30. The minimum atomic E-state index is 0.0357. The molecule has 1 unspecified atom stereocenters. The molecule has 0 saturated heterocycles. The number of amides is 1. The first-order chi connectivity index (χ1) is 11.2. The van der Waals surface area contributed by atoms with E-state index in [0.29, 0.717) is 19.5 Å². The van der Waals surface area contributed by atoms with Crippen LogP contribution in [0.25, 0.3) is 0 Å². The van der Waals surface area contributed by atoms with E-state index in [4.69, 9.17) is 0 Å². The van der Waals surface area contributed by atoms with Crippen molar-refractivity contribution in [2.24, 2.45) is 0 Å². The number of nitrogens with zero attached hydrogens (tertiary/aromatic N) is 4. The minimum absolute atomic E-state index is 0.0357. The largest absolute Gasteiger partial charge is 0.354 e. The predicted molar refractivity (Wildman–Crippen MR) is 89.8 cm³/mol. The van der Waals surface area contributed by atoms with Crippen molar-refractivity contribution in [1.29, 1.82) is 0 Å². The summed E-state index contributed by atoms with van der Waals surface area (Å²) in [6.45, 7) is 7.35. The van der Waals surface area contributed by atoms with Gasteiger partial charge < -0.3 is 5.32 Å². The summed E-state index contributed by atoms with van der Waals surface area (Å²) in [6.07, 6.45) is 3.50. The zero-order chi connectivity index (χ0) is 16.5. The number of rotatable bonds is 9. The molecule has 1 atom stereocenters. The van der Waals surface area contributed by atoms with Gasteiger partial charge in [-0.2, -0.15) is 5.10 Å². The van der Waals surface area contributed by atoms with Gasteiger partial charge in [0.25, 0.3) is 0 Å². The highest BCUT2D eigenvalue weighted by atomic mass is 16.1. The van der Waals surface area contributed by atoms with Crippen LogP contribution in [0.15, 0.2) is 43.0 Å². The van der Waals surface area contributed by atoms with Gasteiger partial charge in [-0.25, -0.2) is 4.98 Å². The van der Waals surface area contributed by atoms with Crippen molar-refractivity contribution in [1.82, 2.24) is 25.0 Å². The Labute approximate surface area is 137 Å². The van der Waals surface area contributed by atoms with Gasteiger partial charge in [0, 0.05) is 13.0 Å². The van der Waals surface area contributed by atoms with Gasteiger partial charge in [0.15, 0.2) is 0 Å². The van der Waals surface area contributed by atoms with Crippen LogP contribution >= 0.6 is 0 Å². The molecule has 0 fully saturated rings. The molecule has 0 aliphatic heterocycles. The average Bonchev–Trinajstić information content (AvgIpc) is 3.11.